The van der Waals surface area contributed by atoms with Gasteiger partial charge >= 0.3 is 0 Å². The van der Waals surface area contributed by atoms with Gasteiger partial charge in [0.15, 0.2) is 0 Å². The van der Waals surface area contributed by atoms with Crippen molar-refractivity contribution >= 4 is 0 Å². The van der Waals surface area contributed by atoms with Crippen LogP contribution in [-0.2, 0) is 11.3 Å². The highest BCUT2D eigenvalue weighted by Gasteiger charge is 2.18. The Labute approximate surface area is 129 Å². The van der Waals surface area contributed by atoms with Gasteiger partial charge in [-0.05, 0) is 52.3 Å². The fourth-order valence-electron chi connectivity index (χ4n) is 2.76. The summed E-state index contributed by atoms with van der Waals surface area (Å²) in [6.07, 6.45) is 2.48. The van der Waals surface area contributed by atoms with Crippen molar-refractivity contribution in [2.24, 2.45) is 0 Å². The van der Waals surface area contributed by atoms with Crippen molar-refractivity contribution in [3.63, 3.8) is 0 Å². The van der Waals surface area contributed by atoms with Gasteiger partial charge in [0.2, 0.25) is 0 Å². The minimum atomic E-state index is -0.0271. The Bertz CT molecular complexity index is 391. The summed E-state index contributed by atoms with van der Waals surface area (Å²) in [6, 6.07) is 11.4. The number of piperidine rings is 1. The van der Waals surface area contributed by atoms with Crippen LogP contribution in [0.1, 0.15) is 39.2 Å². The zero-order valence-electron chi connectivity index (χ0n) is 13.8. The molecule has 0 saturated carbocycles. The average Bonchev–Trinajstić information content (AvgIpc) is 2.45. The quantitative estimate of drug-likeness (QED) is 0.815. The van der Waals surface area contributed by atoms with E-state index >= 15 is 0 Å². The lowest BCUT2D eigenvalue weighted by Crippen LogP contribution is -2.43. The molecule has 3 nitrogen and oxygen atoms in total. The molecule has 0 unspecified atom stereocenters. The van der Waals surface area contributed by atoms with E-state index in [1.807, 2.05) is 0 Å². The van der Waals surface area contributed by atoms with Crippen LogP contribution < -0.4 is 5.32 Å². The summed E-state index contributed by atoms with van der Waals surface area (Å²) >= 11 is 0. The van der Waals surface area contributed by atoms with Crippen LogP contribution in [0.2, 0.25) is 0 Å². The predicted molar refractivity (Wildman–Crippen MR) is 88.4 cm³/mol. The molecular formula is C18H30N2O. The zero-order valence-corrected chi connectivity index (χ0v) is 13.8. The molecule has 3 heteroatoms. The zero-order chi connectivity index (χ0) is 15.1. The van der Waals surface area contributed by atoms with E-state index in [9.17, 15) is 0 Å². The molecule has 1 aromatic carbocycles. The van der Waals surface area contributed by atoms with Gasteiger partial charge < -0.3 is 10.1 Å². The summed E-state index contributed by atoms with van der Waals surface area (Å²) in [7, 11) is 0. The van der Waals surface area contributed by atoms with Crippen molar-refractivity contribution in [2.45, 2.75) is 51.8 Å². The molecule has 0 atom stereocenters. The molecule has 0 spiro atoms. The molecule has 1 heterocycles. The van der Waals surface area contributed by atoms with Crippen molar-refractivity contribution in [2.75, 3.05) is 26.2 Å². The molecule has 1 aliphatic rings. The Balaban J connectivity index is 1.60. The second-order valence-electron chi connectivity index (χ2n) is 6.95. The normalized spacial score (nSPS) is 18.0. The van der Waals surface area contributed by atoms with Crippen molar-refractivity contribution in [1.82, 2.24) is 10.2 Å². The molecule has 1 aliphatic heterocycles. The van der Waals surface area contributed by atoms with Gasteiger partial charge in [0.25, 0.3) is 0 Å². The monoisotopic (exact) mass is 290 g/mol. The van der Waals surface area contributed by atoms with E-state index in [1.165, 1.54) is 31.5 Å². The topological polar surface area (TPSA) is 24.5 Å². The molecular weight excluding hydrogens is 260 g/mol. The maximum Gasteiger partial charge on any atom is 0.0599 e. The van der Waals surface area contributed by atoms with Crippen LogP contribution in [0.25, 0.3) is 0 Å². The van der Waals surface area contributed by atoms with E-state index < -0.39 is 0 Å². The maximum atomic E-state index is 5.75. The number of rotatable bonds is 6. The lowest BCUT2D eigenvalue weighted by molar-refractivity contribution is -0.00232. The minimum Gasteiger partial charge on any atom is -0.375 e. The van der Waals surface area contributed by atoms with Crippen LogP contribution in [0.4, 0.5) is 0 Å². The first-order valence-electron chi connectivity index (χ1n) is 8.16. The van der Waals surface area contributed by atoms with Gasteiger partial charge in [0, 0.05) is 19.1 Å². The Morgan fingerprint density at radius 3 is 2.43 bits per heavy atom. The minimum absolute atomic E-state index is 0.0271. The van der Waals surface area contributed by atoms with E-state index in [1.54, 1.807) is 0 Å². The smallest absolute Gasteiger partial charge is 0.0599 e. The lowest BCUT2D eigenvalue weighted by atomic mass is 10.0. The van der Waals surface area contributed by atoms with Crippen molar-refractivity contribution < 1.29 is 4.74 Å². The van der Waals surface area contributed by atoms with E-state index in [0.717, 1.165) is 19.7 Å². The third-order valence-corrected chi connectivity index (χ3v) is 3.91. The molecule has 0 aliphatic carbocycles. The average molecular weight is 290 g/mol. The first-order chi connectivity index (χ1) is 10.0. The van der Waals surface area contributed by atoms with Crippen molar-refractivity contribution in [1.29, 1.82) is 0 Å². The molecule has 0 amide bonds. The highest BCUT2D eigenvalue weighted by Crippen LogP contribution is 2.14. The standard InChI is InChI=1S/C18H30N2O/c1-18(2,3)21-14-11-19-17-9-12-20(13-10-17)15-16-7-5-4-6-8-16/h4-8,17,19H,9-15H2,1-3H3. The van der Waals surface area contributed by atoms with Crippen molar-refractivity contribution in [3.8, 4) is 0 Å². The Hall–Kier alpha value is -0.900. The molecule has 0 bridgehead atoms. The van der Waals surface area contributed by atoms with Gasteiger partial charge in [-0.25, -0.2) is 0 Å². The number of benzene rings is 1. The number of nitrogens with one attached hydrogen (secondary N) is 1. The van der Waals surface area contributed by atoms with Gasteiger partial charge in [0.1, 0.15) is 0 Å². The molecule has 2 rings (SSSR count). The Kier molecular flexibility index (Phi) is 6.22. The number of likely N-dealkylation sites (tertiary alicyclic amines) is 1. The van der Waals surface area contributed by atoms with Gasteiger partial charge in [-0.2, -0.15) is 0 Å². The maximum absolute atomic E-state index is 5.75. The summed E-state index contributed by atoms with van der Waals surface area (Å²) in [6.45, 7) is 11.5. The van der Waals surface area contributed by atoms with Crippen LogP contribution in [0.5, 0.6) is 0 Å². The summed E-state index contributed by atoms with van der Waals surface area (Å²) in [5.41, 5.74) is 1.39. The Morgan fingerprint density at radius 2 is 1.81 bits per heavy atom. The molecule has 1 fully saturated rings. The van der Waals surface area contributed by atoms with E-state index in [2.05, 4.69) is 61.3 Å². The van der Waals surface area contributed by atoms with Crippen LogP contribution in [0, 0.1) is 0 Å². The van der Waals surface area contributed by atoms with Gasteiger partial charge in [-0.3, -0.25) is 4.90 Å². The second-order valence-corrected chi connectivity index (χ2v) is 6.95. The molecule has 1 saturated heterocycles. The van der Waals surface area contributed by atoms with Gasteiger partial charge in [-0.15, -0.1) is 0 Å². The second kappa shape index (κ2) is 7.92. The SMILES string of the molecule is CC(C)(C)OCCNC1CCN(Cc2ccccc2)CC1. The third-order valence-electron chi connectivity index (χ3n) is 3.91. The fourth-order valence-corrected chi connectivity index (χ4v) is 2.76. The molecule has 0 aromatic heterocycles. The first-order valence-corrected chi connectivity index (χ1v) is 8.16. The number of hydrogen-bond donors (Lipinski definition) is 1. The van der Waals surface area contributed by atoms with Gasteiger partial charge in [0.05, 0.1) is 12.2 Å². The Morgan fingerprint density at radius 1 is 1.14 bits per heavy atom. The predicted octanol–water partition coefficient (Wildman–Crippen LogP) is 3.06. The van der Waals surface area contributed by atoms with Crippen LogP contribution in [-0.4, -0.2) is 42.8 Å². The van der Waals surface area contributed by atoms with E-state index in [4.69, 9.17) is 4.74 Å². The summed E-state index contributed by atoms with van der Waals surface area (Å²) in [4.78, 5) is 2.55. The largest absolute Gasteiger partial charge is 0.375 e. The van der Waals surface area contributed by atoms with Gasteiger partial charge in [-0.1, -0.05) is 30.3 Å². The lowest BCUT2D eigenvalue weighted by Gasteiger charge is -2.32. The molecule has 1 N–H and O–H groups in total. The number of hydrogen-bond acceptors (Lipinski definition) is 3. The van der Waals surface area contributed by atoms with Crippen LogP contribution in [0.3, 0.4) is 0 Å². The highest BCUT2D eigenvalue weighted by atomic mass is 16.5. The third kappa shape index (κ3) is 6.60. The first kappa shape index (κ1) is 16.5. The summed E-state index contributed by atoms with van der Waals surface area (Å²) in [5.74, 6) is 0. The molecule has 1 aromatic rings. The highest BCUT2D eigenvalue weighted by molar-refractivity contribution is 5.14. The van der Waals surface area contributed by atoms with E-state index in [-0.39, 0.29) is 5.60 Å². The fraction of sp³-hybridized carbons (Fsp3) is 0.667. The molecule has 118 valence electrons. The molecule has 21 heavy (non-hydrogen) atoms. The summed E-state index contributed by atoms with van der Waals surface area (Å²) < 4.78 is 5.75. The molecule has 0 radical (unpaired) electrons. The van der Waals surface area contributed by atoms with Crippen LogP contribution in [0.15, 0.2) is 30.3 Å². The van der Waals surface area contributed by atoms with E-state index in [0.29, 0.717) is 6.04 Å². The number of nitrogens with zero attached hydrogens (tertiary/aromatic N) is 1. The van der Waals surface area contributed by atoms with Crippen molar-refractivity contribution in [3.05, 3.63) is 35.9 Å². The van der Waals surface area contributed by atoms with Crippen LogP contribution >= 0.6 is 0 Å². The summed E-state index contributed by atoms with van der Waals surface area (Å²) in [5, 5.41) is 3.63. The number of ether oxygens (including phenoxy) is 1.